The summed E-state index contributed by atoms with van der Waals surface area (Å²) in [4.78, 5) is 55.6. The minimum Gasteiger partial charge on any atom is -0.460 e. The lowest BCUT2D eigenvalue weighted by molar-refractivity contribution is -0.223. The minimum atomic E-state index is -1.82. The first-order valence-electron chi connectivity index (χ1n) is 13.4. The summed E-state index contributed by atoms with van der Waals surface area (Å²) in [7, 11) is 0. The number of primary amides is 1. The fourth-order valence-corrected chi connectivity index (χ4v) is 5.51. The number of nitrogens with two attached hydrogens (primary N) is 2. The highest BCUT2D eigenvalue weighted by atomic mass is 79.9. The Bertz CT molecular complexity index is 1380. The number of fused-ring (bicyclic) bond motifs is 1. The Balaban J connectivity index is 2.59. The normalized spacial score (nSPS) is 14.1. The molecule has 12 heteroatoms. The standard InChI is InChI=1S/C30H42BrN3O8/c1-26(2,3)30(42-25(33)38,22-18-12-11-17(15-32)13-19(18)20(31)16-34-22)29(9,10)41-24(37)23(36)40-28(7,8)14-21(35)39-27(4,5)6/h11-13,16H,14-15,32H2,1-10H3,(H2,33,38). The zero-order valence-corrected chi connectivity index (χ0v) is 27.6. The van der Waals surface area contributed by atoms with Crippen molar-refractivity contribution in [2.75, 3.05) is 0 Å². The number of hydrogen-bond acceptors (Lipinski definition) is 10. The Morgan fingerprint density at radius 1 is 0.833 bits per heavy atom. The third kappa shape index (κ3) is 7.77. The summed E-state index contributed by atoms with van der Waals surface area (Å²) in [5.74, 6) is -3.33. The zero-order valence-electron chi connectivity index (χ0n) is 26.0. The number of carbonyl (C=O) groups is 4. The van der Waals surface area contributed by atoms with Gasteiger partial charge in [0.25, 0.3) is 0 Å². The van der Waals surface area contributed by atoms with Crippen molar-refractivity contribution in [3.05, 3.63) is 40.1 Å². The SMILES string of the molecule is CC(C)(C)OC(=O)CC(C)(C)OC(=O)C(=O)OC(C)(C)C(OC(N)=O)(c1ncc(Br)c2cc(CN)ccc12)C(C)(C)C. The summed E-state index contributed by atoms with van der Waals surface area (Å²) < 4.78 is 23.0. The van der Waals surface area contributed by atoms with E-state index in [0.717, 1.165) is 10.9 Å². The molecule has 2 aromatic rings. The van der Waals surface area contributed by atoms with Gasteiger partial charge in [-0.2, -0.15) is 0 Å². The second-order valence-corrected chi connectivity index (χ2v) is 14.1. The van der Waals surface area contributed by atoms with Crippen LogP contribution >= 0.6 is 15.9 Å². The van der Waals surface area contributed by atoms with Crippen LogP contribution in [-0.4, -0.2) is 45.8 Å². The van der Waals surface area contributed by atoms with Gasteiger partial charge in [-0.25, -0.2) is 14.4 Å². The first-order chi connectivity index (χ1) is 19.0. The molecule has 1 unspecified atom stereocenters. The van der Waals surface area contributed by atoms with Crippen molar-refractivity contribution >= 4 is 50.7 Å². The molecule has 11 nitrogen and oxygen atoms in total. The Labute approximate surface area is 255 Å². The van der Waals surface area contributed by atoms with Crippen LogP contribution in [0.2, 0.25) is 0 Å². The predicted octanol–water partition coefficient (Wildman–Crippen LogP) is 5.17. The molecule has 1 aromatic heterocycles. The zero-order chi connectivity index (χ0) is 32.5. The average molecular weight is 653 g/mol. The molecule has 0 radical (unpaired) electrons. The number of carbonyl (C=O) groups excluding carboxylic acids is 4. The number of esters is 3. The Morgan fingerprint density at radius 3 is 1.90 bits per heavy atom. The number of aromatic nitrogens is 1. The minimum absolute atomic E-state index is 0.243. The number of benzene rings is 1. The van der Waals surface area contributed by atoms with Crippen molar-refractivity contribution in [1.29, 1.82) is 0 Å². The molecule has 0 bridgehead atoms. The number of halogens is 1. The largest absolute Gasteiger partial charge is 0.460 e. The molecular weight excluding hydrogens is 610 g/mol. The highest BCUT2D eigenvalue weighted by molar-refractivity contribution is 9.10. The fourth-order valence-electron chi connectivity index (χ4n) is 5.08. The van der Waals surface area contributed by atoms with E-state index in [4.69, 9.17) is 30.4 Å². The summed E-state index contributed by atoms with van der Waals surface area (Å²) in [6.07, 6.45) is 0.0866. The maximum absolute atomic E-state index is 13.2. The van der Waals surface area contributed by atoms with E-state index in [1.807, 2.05) is 6.07 Å². The van der Waals surface area contributed by atoms with E-state index in [0.29, 0.717) is 9.86 Å². The molecule has 0 fully saturated rings. The predicted molar refractivity (Wildman–Crippen MR) is 160 cm³/mol. The Morgan fingerprint density at radius 2 is 1.40 bits per heavy atom. The molecule has 0 saturated heterocycles. The quantitative estimate of drug-likeness (QED) is 0.220. The van der Waals surface area contributed by atoms with Crippen LogP contribution in [0.3, 0.4) is 0 Å². The van der Waals surface area contributed by atoms with Crippen molar-refractivity contribution in [1.82, 2.24) is 4.98 Å². The summed E-state index contributed by atoms with van der Waals surface area (Å²) in [6, 6.07) is 5.45. The van der Waals surface area contributed by atoms with Crippen molar-refractivity contribution in [3.63, 3.8) is 0 Å². The molecule has 1 atom stereocenters. The highest BCUT2D eigenvalue weighted by Crippen LogP contribution is 2.53. The van der Waals surface area contributed by atoms with E-state index in [9.17, 15) is 19.2 Å². The second-order valence-electron chi connectivity index (χ2n) is 13.2. The lowest BCUT2D eigenvalue weighted by atomic mass is 9.64. The van der Waals surface area contributed by atoms with Gasteiger partial charge in [-0.05, 0) is 81.4 Å². The smallest absolute Gasteiger partial charge is 0.418 e. The summed E-state index contributed by atoms with van der Waals surface area (Å²) >= 11 is 3.52. The molecule has 1 heterocycles. The van der Waals surface area contributed by atoms with E-state index in [1.165, 1.54) is 33.9 Å². The van der Waals surface area contributed by atoms with E-state index in [2.05, 4.69) is 20.9 Å². The summed E-state index contributed by atoms with van der Waals surface area (Å²) in [5.41, 5.74) is 5.84. The molecule has 4 N–H and O–H groups in total. The number of nitrogens with zero attached hydrogens (tertiary/aromatic N) is 1. The number of rotatable bonds is 8. The van der Waals surface area contributed by atoms with Crippen LogP contribution in [-0.2, 0) is 45.5 Å². The third-order valence-electron chi connectivity index (χ3n) is 6.50. The van der Waals surface area contributed by atoms with Gasteiger partial charge >= 0.3 is 24.0 Å². The molecule has 42 heavy (non-hydrogen) atoms. The summed E-state index contributed by atoms with van der Waals surface area (Å²) in [6.45, 7) is 16.6. The van der Waals surface area contributed by atoms with Crippen molar-refractivity contribution < 1.29 is 38.1 Å². The average Bonchev–Trinajstić information content (AvgIpc) is 2.79. The molecule has 0 aliphatic heterocycles. The number of ether oxygens (including phenoxy) is 4. The molecular formula is C30H42BrN3O8. The van der Waals surface area contributed by atoms with E-state index >= 15 is 0 Å². The van der Waals surface area contributed by atoms with Crippen LogP contribution in [0.25, 0.3) is 10.8 Å². The third-order valence-corrected chi connectivity index (χ3v) is 7.14. The van der Waals surface area contributed by atoms with E-state index < -0.39 is 51.8 Å². The van der Waals surface area contributed by atoms with Gasteiger partial charge in [0.1, 0.15) is 11.2 Å². The van der Waals surface area contributed by atoms with Gasteiger partial charge in [0, 0.05) is 28.0 Å². The van der Waals surface area contributed by atoms with Crippen LogP contribution in [0.5, 0.6) is 0 Å². The Kier molecular flexibility index (Phi) is 10.1. The van der Waals surface area contributed by atoms with Crippen molar-refractivity contribution in [3.8, 4) is 0 Å². The lowest BCUT2D eigenvalue weighted by Crippen LogP contribution is -2.61. The molecule has 1 amide bonds. The molecule has 232 valence electrons. The molecule has 0 saturated carbocycles. The van der Waals surface area contributed by atoms with Gasteiger partial charge in [-0.15, -0.1) is 0 Å². The maximum atomic E-state index is 13.2. The molecule has 0 aliphatic rings. The first-order valence-corrected chi connectivity index (χ1v) is 14.2. The van der Waals surface area contributed by atoms with E-state index in [1.54, 1.807) is 53.7 Å². The van der Waals surface area contributed by atoms with Crippen LogP contribution in [0.4, 0.5) is 4.79 Å². The molecule has 1 aromatic carbocycles. The van der Waals surface area contributed by atoms with Gasteiger partial charge in [-0.3, -0.25) is 9.78 Å². The fraction of sp³-hybridized carbons (Fsp3) is 0.567. The van der Waals surface area contributed by atoms with Crippen LogP contribution in [0, 0.1) is 5.41 Å². The van der Waals surface area contributed by atoms with Gasteiger partial charge in [-0.1, -0.05) is 32.9 Å². The Hall–Kier alpha value is -3.25. The van der Waals surface area contributed by atoms with Crippen molar-refractivity contribution in [2.24, 2.45) is 16.9 Å². The van der Waals surface area contributed by atoms with Gasteiger partial charge in [0.05, 0.1) is 12.1 Å². The van der Waals surface area contributed by atoms with Crippen LogP contribution < -0.4 is 11.5 Å². The number of hydrogen-bond donors (Lipinski definition) is 2. The van der Waals surface area contributed by atoms with Gasteiger partial charge in [0.2, 0.25) is 0 Å². The number of pyridine rings is 1. The maximum Gasteiger partial charge on any atom is 0.418 e. The van der Waals surface area contributed by atoms with Gasteiger partial charge < -0.3 is 30.4 Å². The molecule has 0 aliphatic carbocycles. The molecule has 2 rings (SSSR count). The summed E-state index contributed by atoms with van der Waals surface area (Å²) in [5, 5.41) is 1.29. The first kappa shape index (κ1) is 34.9. The van der Waals surface area contributed by atoms with Crippen molar-refractivity contribution in [2.45, 2.75) is 105 Å². The lowest BCUT2D eigenvalue weighted by Gasteiger charge is -2.51. The topological polar surface area (TPSA) is 170 Å². The van der Waals surface area contributed by atoms with Crippen LogP contribution in [0.1, 0.15) is 86.9 Å². The highest BCUT2D eigenvalue weighted by Gasteiger charge is 2.62. The monoisotopic (exact) mass is 651 g/mol. The molecule has 0 spiro atoms. The second kappa shape index (κ2) is 12.2. The van der Waals surface area contributed by atoms with Gasteiger partial charge in [0.15, 0.2) is 11.2 Å². The number of amides is 1. The van der Waals surface area contributed by atoms with E-state index in [-0.39, 0.29) is 18.7 Å². The van der Waals surface area contributed by atoms with Crippen LogP contribution in [0.15, 0.2) is 28.9 Å².